The second kappa shape index (κ2) is 9.94. The standard InChI is InChI=1S/C27H26F2N6O/c1-16-12-17(9-10-32-16)25(31)20-13-18(7-8-24(20)30)26-33-34-27(36-26)19-4-3-11-35(14-19)15-21-22(28)5-2-6-23(21)29/h2,5-10,12-13,19,31H,3-4,11,14-15,30H2,1H3. The van der Waals surface area contributed by atoms with Crippen molar-refractivity contribution in [3.63, 3.8) is 0 Å². The maximum absolute atomic E-state index is 14.1. The smallest absolute Gasteiger partial charge is 0.247 e. The molecule has 7 nitrogen and oxygen atoms in total. The van der Waals surface area contributed by atoms with Crippen molar-refractivity contribution in [3.05, 3.63) is 94.6 Å². The third kappa shape index (κ3) is 4.87. The molecule has 2 aromatic heterocycles. The van der Waals surface area contributed by atoms with Gasteiger partial charge in [-0.2, -0.15) is 0 Å². The second-order valence-electron chi connectivity index (χ2n) is 9.08. The number of piperidine rings is 1. The van der Waals surface area contributed by atoms with Gasteiger partial charge in [0.2, 0.25) is 11.8 Å². The fraction of sp³-hybridized carbons (Fsp3) is 0.259. The zero-order chi connectivity index (χ0) is 25.2. The molecule has 1 saturated heterocycles. The molecule has 0 spiro atoms. The number of pyridine rings is 1. The molecule has 1 fully saturated rings. The lowest BCUT2D eigenvalue weighted by atomic mass is 9.97. The number of nitrogens with one attached hydrogen (secondary N) is 1. The Kier molecular flexibility index (Phi) is 6.56. The molecule has 184 valence electrons. The monoisotopic (exact) mass is 488 g/mol. The molecule has 1 aliphatic rings. The summed E-state index contributed by atoms with van der Waals surface area (Å²) in [5, 5.41) is 17.2. The first-order chi connectivity index (χ1) is 17.4. The fourth-order valence-corrected chi connectivity index (χ4v) is 4.59. The van der Waals surface area contributed by atoms with Crippen LogP contribution in [-0.2, 0) is 6.54 Å². The summed E-state index contributed by atoms with van der Waals surface area (Å²) in [7, 11) is 0. The Labute approximate surface area is 207 Å². The van der Waals surface area contributed by atoms with Crippen LogP contribution in [0.15, 0.2) is 59.1 Å². The first kappa shape index (κ1) is 23.7. The van der Waals surface area contributed by atoms with E-state index in [2.05, 4.69) is 15.2 Å². The van der Waals surface area contributed by atoms with Crippen molar-refractivity contribution in [3.8, 4) is 11.5 Å². The number of aromatic nitrogens is 3. The van der Waals surface area contributed by atoms with Crippen molar-refractivity contribution in [2.45, 2.75) is 32.2 Å². The number of hydrogen-bond donors (Lipinski definition) is 2. The van der Waals surface area contributed by atoms with Crippen LogP contribution in [0, 0.1) is 24.0 Å². The summed E-state index contributed by atoms with van der Waals surface area (Å²) in [4.78, 5) is 6.20. The van der Waals surface area contributed by atoms with E-state index in [1.807, 2.05) is 17.9 Å². The van der Waals surface area contributed by atoms with E-state index in [-0.39, 0.29) is 23.7 Å². The van der Waals surface area contributed by atoms with Gasteiger partial charge in [-0.1, -0.05) is 6.07 Å². The summed E-state index contributed by atoms with van der Waals surface area (Å²) in [5.41, 5.74) is 9.76. The number of likely N-dealkylation sites (tertiary alicyclic amines) is 1. The zero-order valence-electron chi connectivity index (χ0n) is 19.8. The number of nitrogen functional groups attached to an aromatic ring is 1. The molecule has 3 heterocycles. The predicted octanol–water partition coefficient (Wildman–Crippen LogP) is 5.10. The average Bonchev–Trinajstić information content (AvgIpc) is 3.37. The Morgan fingerprint density at radius 1 is 1.14 bits per heavy atom. The molecule has 4 aromatic rings. The van der Waals surface area contributed by atoms with E-state index < -0.39 is 11.6 Å². The van der Waals surface area contributed by atoms with E-state index in [0.717, 1.165) is 25.1 Å². The number of rotatable bonds is 6. The molecule has 2 aromatic carbocycles. The van der Waals surface area contributed by atoms with E-state index >= 15 is 0 Å². The number of aryl methyl sites for hydroxylation is 1. The molecule has 0 saturated carbocycles. The van der Waals surface area contributed by atoms with Gasteiger partial charge in [0.15, 0.2) is 0 Å². The van der Waals surface area contributed by atoms with Crippen molar-refractivity contribution in [1.29, 1.82) is 5.41 Å². The number of halogens is 2. The summed E-state index contributed by atoms with van der Waals surface area (Å²) >= 11 is 0. The van der Waals surface area contributed by atoms with Gasteiger partial charge in [0.25, 0.3) is 0 Å². The van der Waals surface area contributed by atoms with Gasteiger partial charge >= 0.3 is 0 Å². The Bertz CT molecular complexity index is 1400. The molecule has 0 radical (unpaired) electrons. The number of nitrogens with two attached hydrogens (primary N) is 1. The maximum atomic E-state index is 14.1. The molecule has 5 rings (SSSR count). The van der Waals surface area contributed by atoms with Crippen LogP contribution in [0.3, 0.4) is 0 Å². The Hall–Kier alpha value is -3.98. The van der Waals surface area contributed by atoms with Crippen LogP contribution in [0.25, 0.3) is 11.5 Å². The van der Waals surface area contributed by atoms with Crippen LogP contribution in [-0.4, -0.2) is 38.9 Å². The van der Waals surface area contributed by atoms with E-state index in [0.29, 0.717) is 40.7 Å². The maximum Gasteiger partial charge on any atom is 0.247 e. The van der Waals surface area contributed by atoms with Crippen molar-refractivity contribution >= 4 is 11.4 Å². The summed E-state index contributed by atoms with van der Waals surface area (Å²) in [5.74, 6) is -0.293. The topological polar surface area (TPSA) is 105 Å². The van der Waals surface area contributed by atoms with Crippen LogP contribution in [0.2, 0.25) is 0 Å². The molecule has 1 atom stereocenters. The lowest BCUT2D eigenvalue weighted by Crippen LogP contribution is -2.34. The molecule has 0 aliphatic carbocycles. The van der Waals surface area contributed by atoms with Gasteiger partial charge in [0.05, 0.1) is 11.6 Å². The van der Waals surface area contributed by atoms with E-state index in [4.69, 9.17) is 15.6 Å². The van der Waals surface area contributed by atoms with Gasteiger partial charge in [0, 0.05) is 52.9 Å². The number of benzene rings is 2. The summed E-state index contributed by atoms with van der Waals surface area (Å²) < 4.78 is 34.3. The molecule has 36 heavy (non-hydrogen) atoms. The first-order valence-corrected chi connectivity index (χ1v) is 11.8. The second-order valence-corrected chi connectivity index (χ2v) is 9.08. The van der Waals surface area contributed by atoms with Crippen LogP contribution in [0.4, 0.5) is 14.5 Å². The Morgan fingerprint density at radius 3 is 2.72 bits per heavy atom. The molecule has 0 bridgehead atoms. The summed E-state index contributed by atoms with van der Waals surface area (Å²) in [6.45, 7) is 3.36. The van der Waals surface area contributed by atoms with Gasteiger partial charge in [0.1, 0.15) is 11.6 Å². The largest absolute Gasteiger partial charge is 0.420 e. The highest BCUT2D eigenvalue weighted by molar-refractivity contribution is 6.14. The van der Waals surface area contributed by atoms with Gasteiger partial charge in [-0.25, -0.2) is 8.78 Å². The number of hydrogen-bond acceptors (Lipinski definition) is 7. The SMILES string of the molecule is Cc1cc(C(=N)c2cc(-c3nnc(C4CCCN(Cc5c(F)cccc5F)C4)o3)ccc2N)ccn1. The van der Waals surface area contributed by atoms with Crippen molar-refractivity contribution < 1.29 is 13.2 Å². The van der Waals surface area contributed by atoms with Gasteiger partial charge in [-0.3, -0.25) is 15.3 Å². The van der Waals surface area contributed by atoms with Crippen molar-refractivity contribution in [2.75, 3.05) is 18.8 Å². The fourth-order valence-electron chi connectivity index (χ4n) is 4.59. The normalized spacial score (nSPS) is 16.2. The highest BCUT2D eigenvalue weighted by Gasteiger charge is 2.27. The van der Waals surface area contributed by atoms with E-state index in [1.165, 1.54) is 18.2 Å². The van der Waals surface area contributed by atoms with Crippen LogP contribution in [0.5, 0.6) is 0 Å². The molecule has 1 unspecified atom stereocenters. The van der Waals surface area contributed by atoms with E-state index in [9.17, 15) is 8.78 Å². The number of nitrogens with zero attached hydrogens (tertiary/aromatic N) is 4. The molecule has 0 amide bonds. The zero-order valence-corrected chi connectivity index (χ0v) is 19.8. The highest BCUT2D eigenvalue weighted by Crippen LogP contribution is 2.31. The van der Waals surface area contributed by atoms with Gasteiger partial charge < -0.3 is 10.2 Å². The van der Waals surface area contributed by atoms with Gasteiger partial charge in [-0.05, 0) is 68.8 Å². The predicted molar refractivity (Wildman–Crippen MR) is 133 cm³/mol. The lowest BCUT2D eigenvalue weighted by Gasteiger charge is -2.31. The van der Waals surface area contributed by atoms with Gasteiger partial charge in [-0.15, -0.1) is 10.2 Å². The molecule has 1 aliphatic heterocycles. The van der Waals surface area contributed by atoms with Crippen LogP contribution < -0.4 is 5.73 Å². The molecular weight excluding hydrogens is 462 g/mol. The Morgan fingerprint density at radius 2 is 1.94 bits per heavy atom. The van der Waals surface area contributed by atoms with Crippen molar-refractivity contribution in [2.24, 2.45) is 0 Å². The quantitative estimate of drug-likeness (QED) is 0.289. The third-order valence-electron chi connectivity index (χ3n) is 6.49. The highest BCUT2D eigenvalue weighted by atomic mass is 19.1. The minimum absolute atomic E-state index is 0.0406. The van der Waals surface area contributed by atoms with E-state index in [1.54, 1.807) is 30.5 Å². The lowest BCUT2D eigenvalue weighted by molar-refractivity contribution is 0.182. The first-order valence-electron chi connectivity index (χ1n) is 11.8. The summed E-state index contributed by atoms with van der Waals surface area (Å²) in [6, 6.07) is 12.8. The van der Waals surface area contributed by atoms with Crippen molar-refractivity contribution in [1.82, 2.24) is 20.1 Å². The minimum Gasteiger partial charge on any atom is -0.420 e. The molecule has 9 heteroatoms. The Balaban J connectivity index is 1.34. The summed E-state index contributed by atoms with van der Waals surface area (Å²) in [6.07, 6.45) is 3.36. The molecular formula is C27H26F2N6O. The molecule has 3 N–H and O–H groups in total. The number of anilines is 1. The average molecular weight is 489 g/mol. The van der Waals surface area contributed by atoms with Crippen LogP contribution in [0.1, 0.15) is 47.0 Å². The third-order valence-corrected chi connectivity index (χ3v) is 6.49. The minimum atomic E-state index is -0.538. The van der Waals surface area contributed by atoms with Crippen LogP contribution >= 0.6 is 0 Å².